The van der Waals surface area contributed by atoms with Crippen LogP contribution in [0.25, 0.3) is 0 Å². The predicted molar refractivity (Wildman–Crippen MR) is 50.7 cm³/mol. The van der Waals surface area contributed by atoms with Crippen molar-refractivity contribution in [2.45, 2.75) is 0 Å². The lowest BCUT2D eigenvalue weighted by Gasteiger charge is -2.04. The molecule has 0 heterocycles. The minimum atomic E-state index is -0.717. The van der Waals surface area contributed by atoms with Crippen LogP contribution in [0.4, 0.5) is 4.39 Å². The van der Waals surface area contributed by atoms with Gasteiger partial charge in [-0.25, -0.2) is 9.18 Å². The minimum absolute atomic E-state index is 0.0285. The highest BCUT2D eigenvalue weighted by Crippen LogP contribution is 2.22. The lowest BCUT2D eigenvalue weighted by Crippen LogP contribution is -2.04. The second kappa shape index (κ2) is 4.12. The van der Waals surface area contributed by atoms with Gasteiger partial charge in [0.25, 0.3) is 0 Å². The van der Waals surface area contributed by atoms with Gasteiger partial charge in [-0.15, -0.1) is 6.42 Å². The van der Waals surface area contributed by atoms with Gasteiger partial charge >= 0.3 is 5.97 Å². The first kappa shape index (κ1) is 10.6. The molecular formula is C10H6ClFO2. The summed E-state index contributed by atoms with van der Waals surface area (Å²) in [6.07, 6.45) is 5.08. The van der Waals surface area contributed by atoms with Gasteiger partial charge in [0.15, 0.2) is 0 Å². The average Bonchev–Trinajstić information content (AvgIpc) is 2.19. The van der Waals surface area contributed by atoms with E-state index in [-0.39, 0.29) is 16.1 Å². The van der Waals surface area contributed by atoms with Crippen LogP contribution in [-0.4, -0.2) is 13.1 Å². The van der Waals surface area contributed by atoms with Gasteiger partial charge < -0.3 is 4.74 Å². The normalized spacial score (nSPS) is 9.29. The van der Waals surface area contributed by atoms with E-state index >= 15 is 0 Å². The molecule has 0 saturated heterocycles. The lowest BCUT2D eigenvalue weighted by atomic mass is 10.1. The lowest BCUT2D eigenvalue weighted by molar-refractivity contribution is 0.0600. The van der Waals surface area contributed by atoms with Gasteiger partial charge in [-0.2, -0.15) is 0 Å². The summed E-state index contributed by atoms with van der Waals surface area (Å²) in [6, 6.07) is 2.06. The molecule has 1 aromatic rings. The molecule has 0 amide bonds. The number of terminal acetylenes is 1. The third-order valence-electron chi connectivity index (χ3n) is 1.60. The molecule has 1 rings (SSSR count). The number of benzene rings is 1. The molecule has 0 radical (unpaired) electrons. The van der Waals surface area contributed by atoms with Crippen molar-refractivity contribution in [3.8, 4) is 12.3 Å². The molecule has 2 nitrogen and oxygen atoms in total. The Morgan fingerprint density at radius 1 is 1.64 bits per heavy atom. The molecule has 0 aromatic heterocycles. The van der Waals surface area contributed by atoms with Gasteiger partial charge in [0.1, 0.15) is 5.82 Å². The Bertz CT molecular complexity index is 421. The molecule has 4 heteroatoms. The molecule has 1 aromatic carbocycles. The first-order valence-corrected chi connectivity index (χ1v) is 4.02. The van der Waals surface area contributed by atoms with Crippen molar-refractivity contribution < 1.29 is 13.9 Å². The molecule has 0 fully saturated rings. The van der Waals surface area contributed by atoms with Crippen molar-refractivity contribution in [3.05, 3.63) is 34.1 Å². The summed E-state index contributed by atoms with van der Waals surface area (Å²) in [5, 5.41) is 0.0285. The Kier molecular flexibility index (Phi) is 3.10. The Morgan fingerprint density at radius 2 is 2.29 bits per heavy atom. The van der Waals surface area contributed by atoms with Gasteiger partial charge in [0.05, 0.1) is 17.7 Å². The molecule has 0 unspecified atom stereocenters. The molecule has 0 saturated carbocycles. The Hall–Kier alpha value is -1.53. The fourth-order valence-electron chi connectivity index (χ4n) is 0.953. The van der Waals surface area contributed by atoms with E-state index in [0.717, 1.165) is 12.1 Å². The molecule has 0 aliphatic heterocycles. The van der Waals surface area contributed by atoms with Crippen molar-refractivity contribution in [1.29, 1.82) is 0 Å². The number of rotatable bonds is 1. The first-order valence-electron chi connectivity index (χ1n) is 3.64. The van der Waals surface area contributed by atoms with Gasteiger partial charge in [0.2, 0.25) is 0 Å². The standard InChI is InChI=1S/C10H6ClFO2/c1-3-6-4-7(12)5-8(9(6)11)10(13)14-2/h1,4-5H,2H3. The van der Waals surface area contributed by atoms with Crippen LogP contribution in [0.3, 0.4) is 0 Å². The third kappa shape index (κ3) is 1.86. The maximum absolute atomic E-state index is 12.9. The number of ether oxygens (including phenoxy) is 1. The maximum atomic E-state index is 12.9. The Balaban J connectivity index is 3.38. The van der Waals surface area contributed by atoms with E-state index in [9.17, 15) is 9.18 Å². The van der Waals surface area contributed by atoms with Gasteiger partial charge in [0, 0.05) is 5.56 Å². The van der Waals surface area contributed by atoms with Crippen molar-refractivity contribution >= 4 is 17.6 Å². The number of hydrogen-bond donors (Lipinski definition) is 0. The third-order valence-corrected chi connectivity index (χ3v) is 2.01. The van der Waals surface area contributed by atoms with Gasteiger partial charge in [-0.3, -0.25) is 0 Å². The summed E-state index contributed by atoms with van der Waals surface area (Å²) in [7, 11) is 1.18. The SMILES string of the molecule is C#Cc1cc(F)cc(C(=O)OC)c1Cl. The molecule has 0 aliphatic carbocycles. The fraction of sp³-hybridized carbons (Fsp3) is 0.100. The van der Waals surface area contributed by atoms with E-state index < -0.39 is 11.8 Å². The molecule has 0 N–H and O–H groups in total. The number of carbonyl (C=O) groups excluding carboxylic acids is 1. The van der Waals surface area contributed by atoms with E-state index in [1.807, 2.05) is 0 Å². The van der Waals surface area contributed by atoms with Crippen LogP contribution < -0.4 is 0 Å². The molecule has 0 atom stereocenters. The summed E-state index contributed by atoms with van der Waals surface area (Å²) in [4.78, 5) is 11.1. The summed E-state index contributed by atoms with van der Waals surface area (Å²) < 4.78 is 17.3. The van der Waals surface area contributed by atoms with E-state index in [1.165, 1.54) is 7.11 Å². The van der Waals surface area contributed by atoms with Crippen LogP contribution in [0.15, 0.2) is 12.1 Å². The summed E-state index contributed by atoms with van der Waals surface area (Å²) >= 11 is 5.74. The van der Waals surface area contributed by atoms with Crippen molar-refractivity contribution in [3.63, 3.8) is 0 Å². The molecule has 14 heavy (non-hydrogen) atoms. The zero-order valence-corrected chi connectivity index (χ0v) is 8.06. The highest BCUT2D eigenvalue weighted by Gasteiger charge is 2.14. The number of methoxy groups -OCH3 is 1. The van der Waals surface area contributed by atoms with E-state index in [4.69, 9.17) is 18.0 Å². The molecule has 0 aliphatic rings. The van der Waals surface area contributed by atoms with Crippen molar-refractivity contribution in [2.75, 3.05) is 7.11 Å². The van der Waals surface area contributed by atoms with E-state index in [1.54, 1.807) is 0 Å². The van der Waals surface area contributed by atoms with E-state index in [2.05, 4.69) is 10.7 Å². The van der Waals surface area contributed by atoms with Gasteiger partial charge in [-0.1, -0.05) is 17.5 Å². The second-order valence-corrected chi connectivity index (χ2v) is 2.83. The average molecular weight is 213 g/mol. The monoisotopic (exact) mass is 212 g/mol. The number of carbonyl (C=O) groups is 1. The molecule has 72 valence electrons. The van der Waals surface area contributed by atoms with Crippen molar-refractivity contribution in [1.82, 2.24) is 0 Å². The quantitative estimate of drug-likeness (QED) is 0.527. The highest BCUT2D eigenvalue weighted by molar-refractivity contribution is 6.34. The topological polar surface area (TPSA) is 26.3 Å². The predicted octanol–water partition coefficient (Wildman–Crippen LogP) is 2.25. The second-order valence-electron chi connectivity index (χ2n) is 2.45. The summed E-state index contributed by atoms with van der Waals surface area (Å²) in [6.45, 7) is 0. The zero-order chi connectivity index (χ0) is 10.7. The summed E-state index contributed by atoms with van der Waals surface area (Å²) in [5.41, 5.74) is 0.0641. The van der Waals surface area contributed by atoms with Gasteiger partial charge in [-0.05, 0) is 12.1 Å². The molecular weight excluding hydrogens is 207 g/mol. The smallest absolute Gasteiger partial charge is 0.339 e. The van der Waals surface area contributed by atoms with Crippen LogP contribution in [-0.2, 0) is 4.74 Å². The first-order chi connectivity index (χ1) is 6.60. The summed E-state index contributed by atoms with van der Waals surface area (Å²) in [5.74, 6) is 0.837. The highest BCUT2D eigenvalue weighted by atomic mass is 35.5. The number of esters is 1. The van der Waals surface area contributed by atoms with E-state index in [0.29, 0.717) is 0 Å². The van der Waals surface area contributed by atoms with Crippen LogP contribution >= 0.6 is 11.6 Å². The minimum Gasteiger partial charge on any atom is -0.465 e. The molecule has 0 spiro atoms. The maximum Gasteiger partial charge on any atom is 0.339 e. The van der Waals surface area contributed by atoms with Crippen LogP contribution in [0, 0.1) is 18.2 Å². The molecule has 0 bridgehead atoms. The van der Waals surface area contributed by atoms with Crippen LogP contribution in [0.1, 0.15) is 15.9 Å². The van der Waals surface area contributed by atoms with Crippen LogP contribution in [0.5, 0.6) is 0 Å². The van der Waals surface area contributed by atoms with Crippen LogP contribution in [0.2, 0.25) is 5.02 Å². The number of halogens is 2. The van der Waals surface area contributed by atoms with Crippen molar-refractivity contribution in [2.24, 2.45) is 0 Å². The Labute approximate surface area is 85.6 Å². The largest absolute Gasteiger partial charge is 0.465 e. The number of hydrogen-bond acceptors (Lipinski definition) is 2. The Morgan fingerprint density at radius 3 is 2.79 bits per heavy atom. The fourth-order valence-corrected chi connectivity index (χ4v) is 1.19. The zero-order valence-electron chi connectivity index (χ0n) is 7.30.